The van der Waals surface area contributed by atoms with E-state index >= 15 is 0 Å². The minimum absolute atomic E-state index is 0.412. The summed E-state index contributed by atoms with van der Waals surface area (Å²) in [5, 5.41) is -0.512. The molecule has 0 spiro atoms. The predicted molar refractivity (Wildman–Crippen MR) is 80.8 cm³/mol. The number of rotatable bonds is 4. The van der Waals surface area contributed by atoms with Crippen LogP contribution in [0, 0.1) is 3.57 Å². The lowest BCUT2D eigenvalue weighted by molar-refractivity contribution is -0.356. The summed E-state index contributed by atoms with van der Waals surface area (Å²) in [4.78, 5) is 11.8. The Kier molecular flexibility index (Phi) is 6.29. The van der Waals surface area contributed by atoms with E-state index in [0.717, 1.165) is 18.2 Å². The first-order valence-electron chi connectivity index (χ1n) is 5.77. The highest BCUT2D eigenvalue weighted by Crippen LogP contribution is 2.47. The van der Waals surface area contributed by atoms with E-state index in [1.54, 1.807) is 22.6 Å². The molecule has 1 aromatic carbocycles. The highest BCUT2D eigenvalue weighted by Gasteiger charge is 2.76. The van der Waals surface area contributed by atoms with E-state index < -0.39 is 50.4 Å². The molecule has 0 amide bonds. The number of carbonyl (C=O) groups is 1. The molecule has 0 saturated heterocycles. The number of ether oxygens (including phenoxy) is 1. The Balaban J connectivity index is 3.50. The fourth-order valence-corrected chi connectivity index (χ4v) is 3.43. The van der Waals surface area contributed by atoms with Gasteiger partial charge in [-0.15, -0.1) is 0 Å². The summed E-state index contributed by atoms with van der Waals surface area (Å²) in [7, 11) is -5.84. The molecule has 0 aromatic heterocycles. The van der Waals surface area contributed by atoms with Gasteiger partial charge in [0.25, 0.3) is 10.1 Å². The van der Waals surface area contributed by atoms with Gasteiger partial charge in [0.2, 0.25) is 0 Å². The van der Waals surface area contributed by atoms with Crippen LogP contribution in [-0.2, 0) is 14.9 Å². The Morgan fingerprint density at radius 2 is 1.64 bits per heavy atom. The molecule has 0 aliphatic heterocycles. The zero-order chi connectivity index (χ0) is 19.8. The quantitative estimate of drug-likeness (QED) is 0.279. The van der Waals surface area contributed by atoms with Gasteiger partial charge >= 0.3 is 23.9 Å². The third kappa shape index (κ3) is 5.10. The predicted octanol–water partition coefficient (Wildman–Crippen LogP) is 3.85. The number of halogens is 8. The maximum atomic E-state index is 13.0. The van der Waals surface area contributed by atoms with Crippen molar-refractivity contribution in [2.45, 2.75) is 18.0 Å². The number of alkyl halides is 6. The van der Waals surface area contributed by atoms with Gasteiger partial charge in [0, 0.05) is 3.57 Å². The molecule has 142 valence electrons. The van der Waals surface area contributed by atoms with Gasteiger partial charge in [0.1, 0.15) is 5.75 Å². The van der Waals surface area contributed by atoms with Crippen molar-refractivity contribution in [2.24, 2.45) is 0 Å². The smallest absolute Gasteiger partial charge is 0.435 e. The summed E-state index contributed by atoms with van der Waals surface area (Å²) in [6, 6.07) is 3.01. The van der Waals surface area contributed by atoms with Crippen LogP contribution in [-0.4, -0.2) is 42.6 Å². The molecule has 1 N–H and O–H groups in total. The van der Waals surface area contributed by atoms with E-state index in [9.17, 15) is 39.6 Å². The van der Waals surface area contributed by atoms with Crippen LogP contribution in [0.25, 0.3) is 0 Å². The van der Waals surface area contributed by atoms with Crippen molar-refractivity contribution in [3.63, 3.8) is 0 Å². The summed E-state index contributed by atoms with van der Waals surface area (Å²) in [6.45, 7) is 0. The van der Waals surface area contributed by atoms with Crippen molar-refractivity contribution >= 4 is 50.3 Å². The molecule has 5 nitrogen and oxygen atoms in total. The van der Waals surface area contributed by atoms with Crippen LogP contribution >= 0.6 is 34.2 Å². The molecule has 0 aliphatic rings. The molecule has 0 unspecified atom stereocenters. The van der Waals surface area contributed by atoms with Crippen LogP contribution in [0.1, 0.15) is 10.4 Å². The van der Waals surface area contributed by atoms with Gasteiger partial charge in [-0.1, -0.05) is 11.6 Å². The second-order valence-electron chi connectivity index (χ2n) is 4.56. The summed E-state index contributed by atoms with van der Waals surface area (Å²) in [5.41, 5.74) is -6.33. The minimum Gasteiger partial charge on any atom is -0.435 e. The molecule has 1 rings (SSSR count). The molecular weight excluding hydrogens is 521 g/mol. The highest BCUT2D eigenvalue weighted by molar-refractivity contribution is 14.1. The highest BCUT2D eigenvalue weighted by atomic mass is 127. The van der Waals surface area contributed by atoms with Crippen molar-refractivity contribution in [2.75, 3.05) is 5.75 Å². The first-order chi connectivity index (χ1) is 11.0. The third-order valence-electron chi connectivity index (χ3n) is 2.72. The fraction of sp³-hybridized carbons (Fsp3) is 0.364. The molecule has 0 bridgehead atoms. The van der Waals surface area contributed by atoms with E-state index in [1.807, 2.05) is 0 Å². The summed E-state index contributed by atoms with van der Waals surface area (Å²) >= 11 is 7.29. The lowest BCUT2D eigenvalue weighted by Crippen LogP contribution is -2.63. The molecule has 0 heterocycles. The minimum atomic E-state index is -6.40. The third-order valence-corrected chi connectivity index (χ3v) is 4.47. The first-order valence-corrected chi connectivity index (χ1v) is 8.84. The van der Waals surface area contributed by atoms with E-state index in [1.165, 1.54) is 0 Å². The lowest BCUT2D eigenvalue weighted by Gasteiger charge is -2.35. The van der Waals surface area contributed by atoms with Gasteiger partial charge in [-0.25, -0.2) is 4.79 Å². The van der Waals surface area contributed by atoms with Crippen LogP contribution in [0.2, 0.25) is 5.02 Å². The Bertz CT molecular complexity index is 762. The lowest BCUT2D eigenvalue weighted by atomic mass is 10.1. The van der Waals surface area contributed by atoms with Crippen LogP contribution < -0.4 is 0 Å². The summed E-state index contributed by atoms with van der Waals surface area (Å²) in [6.07, 6.45) is -12.8. The average Bonchev–Trinajstić information content (AvgIpc) is 2.33. The summed E-state index contributed by atoms with van der Waals surface area (Å²) < 4.78 is 112. The maximum Gasteiger partial charge on any atom is 0.438 e. The Morgan fingerprint density at radius 3 is 2.00 bits per heavy atom. The van der Waals surface area contributed by atoms with E-state index in [0.29, 0.717) is 3.57 Å². The van der Waals surface area contributed by atoms with E-state index in [2.05, 4.69) is 4.74 Å². The van der Waals surface area contributed by atoms with Crippen LogP contribution in [0.4, 0.5) is 26.3 Å². The molecule has 0 saturated carbocycles. The topological polar surface area (TPSA) is 80.7 Å². The van der Waals surface area contributed by atoms with Crippen LogP contribution in [0.15, 0.2) is 18.2 Å². The van der Waals surface area contributed by atoms with Gasteiger partial charge in [0.05, 0.1) is 10.6 Å². The molecular formula is C11H6ClF6IO5S. The first kappa shape index (κ1) is 22.2. The second kappa shape index (κ2) is 7.08. The summed E-state index contributed by atoms with van der Waals surface area (Å²) in [5.74, 6) is -5.12. The molecule has 25 heavy (non-hydrogen) atoms. The van der Waals surface area contributed by atoms with Crippen molar-refractivity contribution in [1.82, 2.24) is 0 Å². The Morgan fingerprint density at radius 1 is 1.16 bits per heavy atom. The molecule has 0 fully saturated rings. The zero-order valence-corrected chi connectivity index (χ0v) is 15.2. The van der Waals surface area contributed by atoms with Crippen molar-refractivity contribution in [3.05, 3.63) is 32.4 Å². The van der Waals surface area contributed by atoms with Crippen molar-refractivity contribution in [1.29, 1.82) is 0 Å². The SMILES string of the molecule is O=C(OC(CS(=O)(=O)O)(C(F)(F)F)C(F)(F)F)c1ccc(I)cc1Cl. The van der Waals surface area contributed by atoms with Crippen molar-refractivity contribution in [3.8, 4) is 0 Å². The zero-order valence-electron chi connectivity index (χ0n) is 11.5. The molecule has 14 heteroatoms. The normalized spacial score (nSPS) is 13.6. The monoisotopic (exact) mass is 526 g/mol. The Hall–Kier alpha value is -0.800. The Labute approximate surface area is 155 Å². The number of hydrogen-bond donors (Lipinski definition) is 1. The maximum absolute atomic E-state index is 13.0. The largest absolute Gasteiger partial charge is 0.438 e. The average molecular weight is 527 g/mol. The van der Waals surface area contributed by atoms with Crippen LogP contribution in [0.5, 0.6) is 0 Å². The van der Waals surface area contributed by atoms with Gasteiger partial charge in [-0.2, -0.15) is 34.8 Å². The molecule has 0 atom stereocenters. The number of carbonyl (C=O) groups excluding carboxylic acids is 1. The van der Waals surface area contributed by atoms with Gasteiger partial charge in [-0.3, -0.25) is 4.55 Å². The van der Waals surface area contributed by atoms with Gasteiger partial charge in [-0.05, 0) is 40.8 Å². The van der Waals surface area contributed by atoms with Gasteiger partial charge < -0.3 is 4.74 Å². The van der Waals surface area contributed by atoms with Gasteiger partial charge in [0.15, 0.2) is 0 Å². The van der Waals surface area contributed by atoms with E-state index in [4.69, 9.17) is 16.2 Å². The fourth-order valence-electron chi connectivity index (χ4n) is 1.59. The standard InChI is InChI=1S/C11H6ClF6IO5S/c12-7-3-5(19)1-2-6(7)8(20)24-9(10(13,14)15,11(16,17)18)4-25(21,22)23/h1-3H,4H2,(H,21,22,23). The van der Waals surface area contributed by atoms with Crippen molar-refractivity contribution < 1.29 is 48.8 Å². The van der Waals surface area contributed by atoms with E-state index in [-0.39, 0.29) is 0 Å². The second-order valence-corrected chi connectivity index (χ2v) is 7.67. The number of benzene rings is 1. The number of hydrogen-bond acceptors (Lipinski definition) is 4. The number of esters is 1. The molecule has 0 aliphatic carbocycles. The van der Waals surface area contributed by atoms with Crippen LogP contribution in [0.3, 0.4) is 0 Å². The molecule has 1 aromatic rings. The molecule has 0 radical (unpaired) electrons.